The zero-order valence-corrected chi connectivity index (χ0v) is 9.41. The molecule has 1 saturated carbocycles. The summed E-state index contributed by atoms with van der Waals surface area (Å²) in [6.07, 6.45) is 5.21. The molecule has 1 N–H and O–H groups in total. The summed E-state index contributed by atoms with van der Waals surface area (Å²) in [5.74, 6) is 1.01. The summed E-state index contributed by atoms with van der Waals surface area (Å²) >= 11 is 0. The Hall–Kier alpha value is -0.990. The van der Waals surface area contributed by atoms with Gasteiger partial charge in [-0.25, -0.2) is 4.98 Å². The van der Waals surface area contributed by atoms with E-state index in [1.807, 2.05) is 6.20 Å². The largest absolute Gasteiger partial charge is 0.353 e. The highest BCUT2D eigenvalue weighted by atomic mass is 15.2. The van der Waals surface area contributed by atoms with Crippen molar-refractivity contribution in [3.63, 3.8) is 0 Å². The summed E-state index contributed by atoms with van der Waals surface area (Å²) in [4.78, 5) is 4.34. The molecule has 1 unspecified atom stereocenters. The Kier molecular flexibility index (Phi) is 2.05. The van der Waals surface area contributed by atoms with E-state index in [1.54, 1.807) is 0 Å². The van der Waals surface area contributed by atoms with Gasteiger partial charge in [0.25, 0.3) is 0 Å². The third-order valence-electron chi connectivity index (χ3n) is 2.88. The van der Waals surface area contributed by atoms with Gasteiger partial charge in [0.2, 0.25) is 5.95 Å². The van der Waals surface area contributed by atoms with Crippen molar-refractivity contribution in [1.82, 2.24) is 9.55 Å². The SMILES string of the molecule is CC(C)Nc1nccn1C1CC1(C)C. The molecule has 3 heteroatoms. The fourth-order valence-electron chi connectivity index (χ4n) is 1.85. The van der Waals surface area contributed by atoms with Gasteiger partial charge in [-0.1, -0.05) is 13.8 Å². The van der Waals surface area contributed by atoms with E-state index >= 15 is 0 Å². The summed E-state index contributed by atoms with van der Waals surface area (Å²) in [6.45, 7) is 8.88. The summed E-state index contributed by atoms with van der Waals surface area (Å²) in [6, 6.07) is 1.07. The van der Waals surface area contributed by atoms with Gasteiger partial charge in [-0.05, 0) is 25.7 Å². The van der Waals surface area contributed by atoms with Crippen LogP contribution in [0.3, 0.4) is 0 Å². The molecule has 0 amide bonds. The minimum atomic E-state index is 0.443. The number of anilines is 1. The van der Waals surface area contributed by atoms with Crippen molar-refractivity contribution in [1.29, 1.82) is 0 Å². The van der Waals surface area contributed by atoms with Crippen LogP contribution in [-0.2, 0) is 0 Å². The number of nitrogens with zero attached hydrogens (tertiary/aromatic N) is 2. The van der Waals surface area contributed by atoms with Crippen LogP contribution >= 0.6 is 0 Å². The topological polar surface area (TPSA) is 29.9 Å². The van der Waals surface area contributed by atoms with Crippen LogP contribution in [0.5, 0.6) is 0 Å². The lowest BCUT2D eigenvalue weighted by Gasteiger charge is -2.13. The van der Waals surface area contributed by atoms with E-state index in [4.69, 9.17) is 0 Å². The quantitative estimate of drug-likeness (QED) is 0.799. The first-order valence-electron chi connectivity index (χ1n) is 5.30. The fraction of sp³-hybridized carbons (Fsp3) is 0.727. The smallest absolute Gasteiger partial charge is 0.203 e. The Labute approximate surface area is 85.5 Å². The lowest BCUT2D eigenvalue weighted by atomic mass is 10.2. The van der Waals surface area contributed by atoms with Gasteiger partial charge < -0.3 is 9.88 Å². The van der Waals surface area contributed by atoms with Crippen LogP contribution in [0.1, 0.15) is 40.2 Å². The molecule has 0 radical (unpaired) electrons. The van der Waals surface area contributed by atoms with Crippen molar-refractivity contribution in [2.45, 2.75) is 46.2 Å². The number of rotatable bonds is 3. The zero-order chi connectivity index (χ0) is 10.3. The third-order valence-corrected chi connectivity index (χ3v) is 2.88. The van der Waals surface area contributed by atoms with Gasteiger partial charge in [-0.3, -0.25) is 0 Å². The molecule has 1 aromatic rings. The van der Waals surface area contributed by atoms with Gasteiger partial charge in [0.1, 0.15) is 0 Å². The molecule has 3 nitrogen and oxygen atoms in total. The highest BCUT2D eigenvalue weighted by Crippen LogP contribution is 2.56. The Morgan fingerprint density at radius 2 is 2.21 bits per heavy atom. The molecule has 0 aliphatic heterocycles. The summed E-state index contributed by atoms with van der Waals surface area (Å²) in [7, 11) is 0. The molecule has 1 aliphatic carbocycles. The van der Waals surface area contributed by atoms with Crippen LogP contribution in [0.25, 0.3) is 0 Å². The van der Waals surface area contributed by atoms with E-state index in [0.29, 0.717) is 17.5 Å². The molecular weight excluding hydrogens is 174 g/mol. The number of nitrogens with one attached hydrogen (secondary N) is 1. The minimum absolute atomic E-state index is 0.443. The van der Waals surface area contributed by atoms with Crippen molar-refractivity contribution in [3.05, 3.63) is 12.4 Å². The predicted molar refractivity (Wildman–Crippen MR) is 58.4 cm³/mol. The monoisotopic (exact) mass is 193 g/mol. The highest BCUT2D eigenvalue weighted by molar-refractivity contribution is 5.30. The number of hydrogen-bond acceptors (Lipinski definition) is 2. The van der Waals surface area contributed by atoms with Gasteiger partial charge in [0.05, 0.1) is 0 Å². The van der Waals surface area contributed by atoms with Crippen LogP contribution in [0.15, 0.2) is 12.4 Å². The summed E-state index contributed by atoms with van der Waals surface area (Å²) in [5, 5.41) is 3.36. The Balaban J connectivity index is 2.15. The van der Waals surface area contributed by atoms with Crippen LogP contribution in [-0.4, -0.2) is 15.6 Å². The van der Waals surface area contributed by atoms with E-state index in [-0.39, 0.29) is 0 Å². The van der Waals surface area contributed by atoms with Gasteiger partial charge >= 0.3 is 0 Å². The third kappa shape index (κ3) is 1.63. The van der Waals surface area contributed by atoms with Gasteiger partial charge in [0, 0.05) is 24.5 Å². The molecule has 0 aromatic carbocycles. The second kappa shape index (κ2) is 3.01. The molecule has 1 heterocycles. The first kappa shape index (κ1) is 9.56. The molecule has 0 bridgehead atoms. The second-order valence-electron chi connectivity index (χ2n) is 5.17. The average molecular weight is 193 g/mol. The normalized spacial score (nSPS) is 23.9. The van der Waals surface area contributed by atoms with Crippen LogP contribution < -0.4 is 5.32 Å². The standard InChI is InChI=1S/C11H19N3/c1-8(2)13-10-12-5-6-14(10)9-7-11(9,3)4/h5-6,8-9H,7H2,1-4H3,(H,12,13). The Bertz CT molecular complexity index is 325. The number of hydrogen-bond donors (Lipinski definition) is 1. The molecular formula is C11H19N3. The van der Waals surface area contributed by atoms with Crippen molar-refractivity contribution in [3.8, 4) is 0 Å². The molecule has 1 fully saturated rings. The van der Waals surface area contributed by atoms with Gasteiger partial charge in [-0.15, -0.1) is 0 Å². The fourth-order valence-corrected chi connectivity index (χ4v) is 1.85. The summed E-state index contributed by atoms with van der Waals surface area (Å²) < 4.78 is 2.26. The molecule has 2 rings (SSSR count). The first-order chi connectivity index (χ1) is 6.50. The Morgan fingerprint density at radius 1 is 1.57 bits per heavy atom. The van der Waals surface area contributed by atoms with E-state index < -0.39 is 0 Å². The minimum Gasteiger partial charge on any atom is -0.353 e. The van der Waals surface area contributed by atoms with Crippen molar-refractivity contribution in [2.24, 2.45) is 5.41 Å². The molecule has 14 heavy (non-hydrogen) atoms. The Morgan fingerprint density at radius 3 is 2.71 bits per heavy atom. The zero-order valence-electron chi connectivity index (χ0n) is 9.41. The van der Waals surface area contributed by atoms with Gasteiger partial charge in [-0.2, -0.15) is 0 Å². The second-order valence-corrected chi connectivity index (χ2v) is 5.17. The van der Waals surface area contributed by atoms with E-state index in [1.165, 1.54) is 6.42 Å². The van der Waals surface area contributed by atoms with E-state index in [2.05, 4.69) is 48.8 Å². The average Bonchev–Trinajstić information content (AvgIpc) is 2.51. The van der Waals surface area contributed by atoms with Crippen molar-refractivity contribution in [2.75, 3.05) is 5.32 Å². The van der Waals surface area contributed by atoms with E-state index in [0.717, 1.165) is 5.95 Å². The molecule has 0 saturated heterocycles. The number of imidazole rings is 1. The van der Waals surface area contributed by atoms with Crippen LogP contribution in [0.4, 0.5) is 5.95 Å². The predicted octanol–water partition coefficient (Wildman–Crippen LogP) is 2.67. The summed E-state index contributed by atoms with van der Waals surface area (Å²) in [5.41, 5.74) is 0.452. The van der Waals surface area contributed by atoms with Crippen LogP contribution in [0.2, 0.25) is 0 Å². The van der Waals surface area contributed by atoms with Crippen molar-refractivity contribution >= 4 is 5.95 Å². The maximum Gasteiger partial charge on any atom is 0.203 e. The maximum atomic E-state index is 4.34. The molecule has 1 atom stereocenters. The maximum absolute atomic E-state index is 4.34. The number of aromatic nitrogens is 2. The van der Waals surface area contributed by atoms with Crippen LogP contribution in [0, 0.1) is 5.41 Å². The van der Waals surface area contributed by atoms with Gasteiger partial charge in [0.15, 0.2) is 0 Å². The first-order valence-corrected chi connectivity index (χ1v) is 5.30. The van der Waals surface area contributed by atoms with E-state index in [9.17, 15) is 0 Å². The molecule has 1 aromatic heterocycles. The molecule has 1 aliphatic rings. The lowest BCUT2D eigenvalue weighted by molar-refractivity contribution is 0.542. The lowest BCUT2D eigenvalue weighted by Crippen LogP contribution is -2.15. The highest BCUT2D eigenvalue weighted by Gasteiger charge is 2.47. The molecule has 0 spiro atoms. The molecule has 78 valence electrons. The van der Waals surface area contributed by atoms with Crippen molar-refractivity contribution < 1.29 is 0 Å².